The third-order valence-electron chi connectivity index (χ3n) is 6.34. The molecule has 5 nitrogen and oxygen atoms in total. The zero-order chi connectivity index (χ0) is 27.1. The summed E-state index contributed by atoms with van der Waals surface area (Å²) in [6.07, 6.45) is 1.45. The molecule has 7 heteroatoms. The Labute approximate surface area is 223 Å². The zero-order valence-electron chi connectivity index (χ0n) is 21.4. The van der Waals surface area contributed by atoms with E-state index >= 15 is 0 Å². The molecule has 1 unspecified atom stereocenters. The van der Waals surface area contributed by atoms with Gasteiger partial charge in [-0.2, -0.15) is 0 Å². The maximum atomic E-state index is 13.7. The Morgan fingerprint density at radius 3 is 2.26 bits per heavy atom. The molecule has 0 aliphatic carbocycles. The highest BCUT2D eigenvalue weighted by molar-refractivity contribution is 7.92. The molecule has 0 fully saturated rings. The average Bonchev–Trinajstić information content (AvgIpc) is 2.91. The van der Waals surface area contributed by atoms with Crippen LogP contribution in [-0.2, 0) is 21.4 Å². The molecule has 0 saturated carbocycles. The summed E-state index contributed by atoms with van der Waals surface area (Å²) in [6, 6.07) is 27.8. The Morgan fingerprint density at radius 2 is 1.58 bits per heavy atom. The predicted octanol–water partition coefficient (Wildman–Crippen LogP) is 6.80. The summed E-state index contributed by atoms with van der Waals surface area (Å²) < 4.78 is 41.9. The Bertz CT molecular complexity index is 1500. The Balaban J connectivity index is 1.42. The fraction of sp³-hybridized carbons (Fsp3) is 0.194. The number of benzene rings is 4. The van der Waals surface area contributed by atoms with Crippen molar-refractivity contribution in [1.82, 2.24) is 5.32 Å². The molecule has 4 rings (SSSR count). The lowest BCUT2D eigenvalue weighted by molar-refractivity contribution is -0.122. The third-order valence-corrected chi connectivity index (χ3v) is 7.74. The van der Waals surface area contributed by atoms with Crippen LogP contribution in [0.15, 0.2) is 102 Å². The molecule has 0 heterocycles. The third kappa shape index (κ3) is 6.86. The van der Waals surface area contributed by atoms with E-state index < -0.39 is 15.9 Å². The molecule has 1 amide bonds. The number of nitrogens with one attached hydrogen (secondary N) is 2. The average molecular weight is 531 g/mol. The second-order valence-electron chi connectivity index (χ2n) is 9.31. The first-order valence-electron chi connectivity index (χ1n) is 12.6. The number of hydrogen-bond acceptors (Lipinski definition) is 3. The number of carbonyl (C=O) groups excluding carboxylic acids is 1. The van der Waals surface area contributed by atoms with Gasteiger partial charge in [-0.25, -0.2) is 12.8 Å². The van der Waals surface area contributed by atoms with Crippen molar-refractivity contribution in [2.75, 3.05) is 4.72 Å². The van der Waals surface area contributed by atoms with Gasteiger partial charge in [0.1, 0.15) is 5.82 Å². The standard InChI is InChI=1S/C31H31FN2O3S/c1-3-6-30(26-8-4-9-27(32)19-26)31(35)33-21-23-13-15-24(16-14-23)25-7-5-10-28(20-25)34-38(36,37)29-17-11-22(2)12-18-29/h4-5,7-20,30,34H,3,6,21H2,1-2H3,(H,33,35). The summed E-state index contributed by atoms with van der Waals surface area (Å²) in [6.45, 7) is 4.26. The molecule has 0 spiro atoms. The fourth-order valence-corrected chi connectivity index (χ4v) is 5.33. The number of anilines is 1. The van der Waals surface area contributed by atoms with Crippen LogP contribution in [0.2, 0.25) is 0 Å². The van der Waals surface area contributed by atoms with E-state index in [1.165, 1.54) is 12.1 Å². The van der Waals surface area contributed by atoms with Crippen LogP contribution >= 0.6 is 0 Å². The van der Waals surface area contributed by atoms with Crippen molar-refractivity contribution in [3.8, 4) is 11.1 Å². The Hall–Kier alpha value is -3.97. The Morgan fingerprint density at radius 1 is 0.868 bits per heavy atom. The number of hydrogen-bond donors (Lipinski definition) is 2. The largest absolute Gasteiger partial charge is 0.351 e. The highest BCUT2D eigenvalue weighted by atomic mass is 32.2. The van der Waals surface area contributed by atoms with E-state index in [1.54, 1.807) is 54.6 Å². The number of sulfonamides is 1. The van der Waals surface area contributed by atoms with Crippen molar-refractivity contribution in [1.29, 1.82) is 0 Å². The highest BCUT2D eigenvalue weighted by Crippen LogP contribution is 2.26. The minimum absolute atomic E-state index is 0.130. The van der Waals surface area contributed by atoms with Gasteiger partial charge in [0.25, 0.3) is 10.0 Å². The fourth-order valence-electron chi connectivity index (χ4n) is 4.28. The predicted molar refractivity (Wildman–Crippen MR) is 150 cm³/mol. The normalized spacial score (nSPS) is 12.1. The smallest absolute Gasteiger partial charge is 0.261 e. The number of aryl methyl sites for hydroxylation is 1. The van der Waals surface area contributed by atoms with Gasteiger partial charge in [-0.3, -0.25) is 9.52 Å². The van der Waals surface area contributed by atoms with Gasteiger partial charge in [0, 0.05) is 12.2 Å². The van der Waals surface area contributed by atoms with Gasteiger partial charge >= 0.3 is 0 Å². The van der Waals surface area contributed by atoms with Gasteiger partial charge in [-0.15, -0.1) is 0 Å². The first-order valence-corrected chi connectivity index (χ1v) is 14.1. The van der Waals surface area contributed by atoms with Crippen molar-refractivity contribution in [2.24, 2.45) is 0 Å². The summed E-state index contributed by atoms with van der Waals surface area (Å²) in [4.78, 5) is 13.1. The molecule has 4 aromatic carbocycles. The summed E-state index contributed by atoms with van der Waals surface area (Å²) in [5.41, 5.74) is 4.84. The van der Waals surface area contributed by atoms with E-state index in [2.05, 4.69) is 10.0 Å². The Kier molecular flexibility index (Phi) is 8.59. The number of halogens is 1. The van der Waals surface area contributed by atoms with E-state index in [4.69, 9.17) is 0 Å². The molecular weight excluding hydrogens is 499 g/mol. The SMILES string of the molecule is CCCC(C(=O)NCc1ccc(-c2cccc(NS(=O)(=O)c3ccc(C)cc3)c2)cc1)c1cccc(F)c1. The molecule has 38 heavy (non-hydrogen) atoms. The zero-order valence-corrected chi connectivity index (χ0v) is 22.3. The van der Waals surface area contributed by atoms with Crippen LogP contribution in [0.4, 0.5) is 10.1 Å². The number of rotatable bonds is 10. The molecule has 0 aliphatic heterocycles. The monoisotopic (exact) mass is 530 g/mol. The lowest BCUT2D eigenvalue weighted by Gasteiger charge is -2.17. The lowest BCUT2D eigenvalue weighted by Crippen LogP contribution is -2.29. The van der Waals surface area contributed by atoms with Gasteiger partial charge in [0.05, 0.1) is 10.8 Å². The first kappa shape index (κ1) is 27.1. The molecule has 0 radical (unpaired) electrons. The van der Waals surface area contributed by atoms with E-state index in [-0.39, 0.29) is 16.6 Å². The highest BCUT2D eigenvalue weighted by Gasteiger charge is 2.20. The van der Waals surface area contributed by atoms with E-state index in [1.807, 2.05) is 44.2 Å². The molecule has 0 bridgehead atoms. The van der Waals surface area contributed by atoms with Crippen LogP contribution in [0.1, 0.15) is 42.4 Å². The van der Waals surface area contributed by atoms with Crippen molar-refractivity contribution in [2.45, 2.75) is 44.0 Å². The lowest BCUT2D eigenvalue weighted by atomic mass is 9.93. The van der Waals surface area contributed by atoms with Crippen LogP contribution in [-0.4, -0.2) is 14.3 Å². The van der Waals surface area contributed by atoms with E-state index in [9.17, 15) is 17.6 Å². The number of carbonyl (C=O) groups is 1. The van der Waals surface area contributed by atoms with Crippen LogP contribution in [0.3, 0.4) is 0 Å². The molecular formula is C31H31FN2O3S. The van der Waals surface area contributed by atoms with Gasteiger partial charge in [0.15, 0.2) is 0 Å². The minimum Gasteiger partial charge on any atom is -0.351 e. The van der Waals surface area contributed by atoms with Crippen LogP contribution in [0.25, 0.3) is 11.1 Å². The second kappa shape index (κ2) is 12.0. The van der Waals surface area contributed by atoms with Crippen LogP contribution in [0.5, 0.6) is 0 Å². The quantitative estimate of drug-likeness (QED) is 0.237. The van der Waals surface area contributed by atoms with Crippen LogP contribution in [0, 0.1) is 12.7 Å². The van der Waals surface area contributed by atoms with Crippen molar-refractivity contribution < 1.29 is 17.6 Å². The molecule has 0 saturated heterocycles. The molecule has 2 N–H and O–H groups in total. The van der Waals surface area contributed by atoms with Crippen molar-refractivity contribution in [3.05, 3.63) is 120 Å². The molecule has 0 aliphatic rings. The van der Waals surface area contributed by atoms with Crippen LogP contribution < -0.4 is 10.0 Å². The van der Waals surface area contributed by atoms with Gasteiger partial charge in [-0.05, 0) is 72.0 Å². The number of amides is 1. The van der Waals surface area contributed by atoms with Gasteiger partial charge in [-0.1, -0.05) is 79.6 Å². The topological polar surface area (TPSA) is 75.3 Å². The first-order chi connectivity index (χ1) is 18.2. The molecule has 4 aromatic rings. The molecule has 0 aromatic heterocycles. The van der Waals surface area contributed by atoms with E-state index in [0.717, 1.165) is 28.7 Å². The second-order valence-corrected chi connectivity index (χ2v) is 11.0. The molecule has 1 atom stereocenters. The summed E-state index contributed by atoms with van der Waals surface area (Å²) >= 11 is 0. The maximum absolute atomic E-state index is 13.7. The van der Waals surface area contributed by atoms with Crippen molar-refractivity contribution in [3.63, 3.8) is 0 Å². The minimum atomic E-state index is -3.70. The van der Waals surface area contributed by atoms with Gasteiger partial charge in [0.2, 0.25) is 5.91 Å². The van der Waals surface area contributed by atoms with E-state index in [0.29, 0.717) is 24.2 Å². The maximum Gasteiger partial charge on any atom is 0.261 e. The molecule has 196 valence electrons. The summed E-state index contributed by atoms with van der Waals surface area (Å²) in [5.74, 6) is -0.879. The summed E-state index contributed by atoms with van der Waals surface area (Å²) in [5, 5.41) is 2.98. The van der Waals surface area contributed by atoms with Crippen molar-refractivity contribution >= 4 is 21.6 Å². The van der Waals surface area contributed by atoms with Gasteiger partial charge < -0.3 is 5.32 Å². The summed E-state index contributed by atoms with van der Waals surface area (Å²) in [7, 11) is -3.70.